The third-order valence-corrected chi connectivity index (χ3v) is 3.74. The summed E-state index contributed by atoms with van der Waals surface area (Å²) in [5.74, 6) is -1.74. The fourth-order valence-electron chi connectivity index (χ4n) is 2.10. The number of carbonyl (C=O) groups excluding carboxylic acids is 1. The van der Waals surface area contributed by atoms with Gasteiger partial charge in [0.1, 0.15) is 11.6 Å². The van der Waals surface area contributed by atoms with E-state index in [1.54, 1.807) is 19.1 Å². The molecule has 0 radical (unpaired) electrons. The Morgan fingerprint density at radius 3 is 2.70 bits per heavy atom. The van der Waals surface area contributed by atoms with Crippen LogP contribution in [0.4, 0.5) is 18.3 Å². The second-order valence-electron chi connectivity index (χ2n) is 4.68. The zero-order valence-corrected chi connectivity index (χ0v) is 12.6. The SMILES string of the molecule is Cc1nnc(NC(=O)Cn2c(C(F)(F)F)nc3ccccc32)s1. The van der Waals surface area contributed by atoms with Gasteiger partial charge in [-0.25, -0.2) is 4.98 Å². The van der Waals surface area contributed by atoms with E-state index in [1.807, 2.05) is 0 Å². The Bertz CT molecular complexity index is 870. The lowest BCUT2D eigenvalue weighted by molar-refractivity contribution is -0.147. The van der Waals surface area contributed by atoms with Gasteiger partial charge < -0.3 is 4.57 Å². The van der Waals surface area contributed by atoms with Crippen molar-refractivity contribution in [3.05, 3.63) is 35.1 Å². The van der Waals surface area contributed by atoms with Crippen LogP contribution in [0.3, 0.4) is 0 Å². The number of nitrogens with one attached hydrogen (secondary N) is 1. The molecule has 0 aliphatic carbocycles. The van der Waals surface area contributed by atoms with E-state index >= 15 is 0 Å². The van der Waals surface area contributed by atoms with Crippen LogP contribution in [0.15, 0.2) is 24.3 Å². The van der Waals surface area contributed by atoms with Gasteiger partial charge in [0.2, 0.25) is 16.9 Å². The molecule has 0 aliphatic heterocycles. The van der Waals surface area contributed by atoms with Crippen LogP contribution in [0.5, 0.6) is 0 Å². The number of hydrogen-bond acceptors (Lipinski definition) is 5. The van der Waals surface area contributed by atoms with Gasteiger partial charge in [0.05, 0.1) is 11.0 Å². The minimum absolute atomic E-state index is 0.180. The van der Waals surface area contributed by atoms with E-state index in [0.717, 1.165) is 15.9 Å². The Labute approximate surface area is 132 Å². The molecule has 0 saturated carbocycles. The predicted molar refractivity (Wildman–Crippen MR) is 78.0 cm³/mol. The molecule has 0 fully saturated rings. The number of nitrogens with zero attached hydrogens (tertiary/aromatic N) is 4. The summed E-state index contributed by atoms with van der Waals surface area (Å²) in [6, 6.07) is 6.13. The maximum atomic E-state index is 13.1. The maximum absolute atomic E-state index is 13.1. The van der Waals surface area contributed by atoms with Crippen molar-refractivity contribution in [2.75, 3.05) is 5.32 Å². The Morgan fingerprint density at radius 1 is 1.30 bits per heavy atom. The highest BCUT2D eigenvalue weighted by atomic mass is 32.1. The van der Waals surface area contributed by atoms with Gasteiger partial charge in [-0.1, -0.05) is 23.5 Å². The van der Waals surface area contributed by atoms with Crippen LogP contribution in [-0.4, -0.2) is 25.7 Å². The average Bonchev–Trinajstić information content (AvgIpc) is 3.03. The monoisotopic (exact) mass is 341 g/mol. The lowest BCUT2D eigenvalue weighted by Crippen LogP contribution is -2.23. The number of fused-ring (bicyclic) bond motifs is 1. The first-order valence-corrected chi connectivity index (χ1v) is 7.28. The summed E-state index contributed by atoms with van der Waals surface area (Å²) in [7, 11) is 0. The molecule has 1 N–H and O–H groups in total. The molecule has 10 heteroatoms. The number of benzene rings is 1. The van der Waals surface area contributed by atoms with E-state index in [0.29, 0.717) is 5.01 Å². The van der Waals surface area contributed by atoms with Gasteiger partial charge in [-0.2, -0.15) is 13.2 Å². The summed E-state index contributed by atoms with van der Waals surface area (Å²) in [4.78, 5) is 15.6. The fourth-order valence-corrected chi connectivity index (χ4v) is 2.71. The number of amides is 1. The molecule has 2 heterocycles. The van der Waals surface area contributed by atoms with E-state index < -0.39 is 24.5 Å². The highest BCUT2D eigenvalue weighted by Crippen LogP contribution is 2.31. The number of anilines is 1. The van der Waals surface area contributed by atoms with Gasteiger partial charge in [0.25, 0.3) is 0 Å². The van der Waals surface area contributed by atoms with E-state index in [2.05, 4.69) is 20.5 Å². The van der Waals surface area contributed by atoms with Crippen LogP contribution in [0, 0.1) is 6.92 Å². The first-order chi connectivity index (χ1) is 10.8. The fraction of sp³-hybridized carbons (Fsp3) is 0.231. The van der Waals surface area contributed by atoms with Crippen LogP contribution in [0.2, 0.25) is 0 Å². The van der Waals surface area contributed by atoms with Gasteiger partial charge in [0, 0.05) is 0 Å². The zero-order chi connectivity index (χ0) is 16.6. The number of aromatic nitrogens is 4. The van der Waals surface area contributed by atoms with E-state index in [1.165, 1.54) is 12.1 Å². The standard InChI is InChI=1S/C13H10F3N5OS/c1-7-19-20-12(23-7)18-10(22)6-21-9-5-3-2-4-8(9)17-11(21)13(14,15)16/h2-5H,6H2,1H3,(H,18,20,22). The Balaban J connectivity index is 1.93. The molecule has 6 nitrogen and oxygen atoms in total. The maximum Gasteiger partial charge on any atom is 0.449 e. The van der Waals surface area contributed by atoms with Crippen LogP contribution < -0.4 is 5.32 Å². The summed E-state index contributed by atoms with van der Waals surface area (Å²) < 4.78 is 40.2. The van der Waals surface area contributed by atoms with Crippen molar-refractivity contribution < 1.29 is 18.0 Å². The average molecular weight is 341 g/mol. The van der Waals surface area contributed by atoms with Crippen molar-refractivity contribution in [1.29, 1.82) is 0 Å². The van der Waals surface area contributed by atoms with Crippen LogP contribution >= 0.6 is 11.3 Å². The molecule has 1 amide bonds. The number of para-hydroxylation sites is 2. The molecular formula is C13H10F3N5OS. The minimum atomic E-state index is -4.65. The summed E-state index contributed by atoms with van der Waals surface area (Å²) in [5.41, 5.74) is 0.419. The summed E-state index contributed by atoms with van der Waals surface area (Å²) in [5, 5.41) is 10.8. The second-order valence-corrected chi connectivity index (χ2v) is 5.86. The van der Waals surface area contributed by atoms with Gasteiger partial charge in [-0.05, 0) is 19.1 Å². The number of rotatable bonds is 3. The highest BCUT2D eigenvalue weighted by molar-refractivity contribution is 7.15. The van der Waals surface area contributed by atoms with Crippen molar-refractivity contribution >= 4 is 33.4 Å². The molecule has 0 aliphatic rings. The molecule has 1 aromatic carbocycles. The van der Waals surface area contributed by atoms with Gasteiger partial charge in [0.15, 0.2) is 0 Å². The van der Waals surface area contributed by atoms with Crippen molar-refractivity contribution in [3.63, 3.8) is 0 Å². The number of halogens is 3. The highest BCUT2D eigenvalue weighted by Gasteiger charge is 2.38. The number of aryl methyl sites for hydroxylation is 1. The van der Waals surface area contributed by atoms with E-state index in [9.17, 15) is 18.0 Å². The molecule has 0 unspecified atom stereocenters. The molecule has 3 aromatic rings. The number of hydrogen-bond donors (Lipinski definition) is 1. The van der Waals surface area contributed by atoms with Gasteiger partial charge in [-0.15, -0.1) is 10.2 Å². The lowest BCUT2D eigenvalue weighted by atomic mass is 10.3. The minimum Gasteiger partial charge on any atom is -0.311 e. The second kappa shape index (κ2) is 5.61. The summed E-state index contributed by atoms with van der Waals surface area (Å²) in [6.45, 7) is 1.19. The first kappa shape index (κ1) is 15.4. The third kappa shape index (κ3) is 3.16. The molecule has 23 heavy (non-hydrogen) atoms. The molecule has 3 rings (SSSR count). The van der Waals surface area contributed by atoms with Crippen molar-refractivity contribution in [2.24, 2.45) is 0 Å². The van der Waals surface area contributed by atoms with Gasteiger partial charge >= 0.3 is 6.18 Å². The first-order valence-electron chi connectivity index (χ1n) is 6.47. The Kier molecular flexibility index (Phi) is 3.76. The largest absolute Gasteiger partial charge is 0.449 e. The number of carbonyl (C=O) groups is 1. The van der Waals surface area contributed by atoms with Crippen LogP contribution in [0.1, 0.15) is 10.8 Å². The zero-order valence-electron chi connectivity index (χ0n) is 11.8. The van der Waals surface area contributed by atoms with Crippen molar-refractivity contribution in [1.82, 2.24) is 19.7 Å². The Morgan fingerprint density at radius 2 is 2.04 bits per heavy atom. The quantitative estimate of drug-likeness (QED) is 0.795. The molecule has 0 spiro atoms. The summed E-state index contributed by atoms with van der Waals surface area (Å²) in [6.07, 6.45) is -4.65. The van der Waals surface area contributed by atoms with Gasteiger partial charge in [-0.3, -0.25) is 10.1 Å². The molecule has 0 saturated heterocycles. The van der Waals surface area contributed by atoms with E-state index in [4.69, 9.17) is 0 Å². The normalized spacial score (nSPS) is 11.8. The summed E-state index contributed by atoms with van der Waals surface area (Å²) >= 11 is 1.14. The predicted octanol–water partition coefficient (Wildman–Crippen LogP) is 2.85. The lowest BCUT2D eigenvalue weighted by Gasteiger charge is -2.10. The van der Waals surface area contributed by atoms with Crippen LogP contribution in [-0.2, 0) is 17.5 Å². The number of alkyl halides is 3. The third-order valence-electron chi connectivity index (χ3n) is 2.98. The van der Waals surface area contributed by atoms with Crippen molar-refractivity contribution in [3.8, 4) is 0 Å². The molecule has 120 valence electrons. The van der Waals surface area contributed by atoms with Crippen LogP contribution in [0.25, 0.3) is 11.0 Å². The molecule has 2 aromatic heterocycles. The molecule has 0 atom stereocenters. The smallest absolute Gasteiger partial charge is 0.311 e. The van der Waals surface area contributed by atoms with Crippen molar-refractivity contribution in [2.45, 2.75) is 19.6 Å². The topological polar surface area (TPSA) is 72.7 Å². The molecule has 0 bridgehead atoms. The Hall–Kier alpha value is -2.49. The molecular weight excluding hydrogens is 331 g/mol. The van der Waals surface area contributed by atoms with E-state index in [-0.39, 0.29) is 16.2 Å². The number of imidazole rings is 1.